The van der Waals surface area contributed by atoms with Crippen LogP contribution in [-0.4, -0.2) is 5.11 Å². The van der Waals surface area contributed by atoms with E-state index in [4.69, 9.17) is 11.6 Å². The molecule has 2 heteroatoms. The predicted molar refractivity (Wildman–Crippen MR) is 55.4 cm³/mol. The summed E-state index contributed by atoms with van der Waals surface area (Å²) in [6, 6.07) is 9.36. The van der Waals surface area contributed by atoms with Crippen molar-refractivity contribution < 1.29 is 5.11 Å². The molecule has 0 spiro atoms. The van der Waals surface area contributed by atoms with E-state index in [1.54, 1.807) is 6.07 Å². The van der Waals surface area contributed by atoms with Crippen LogP contribution < -0.4 is 0 Å². The lowest BCUT2D eigenvalue weighted by Gasteiger charge is -2.03. The van der Waals surface area contributed by atoms with Crippen molar-refractivity contribution in [1.29, 1.82) is 0 Å². The van der Waals surface area contributed by atoms with Gasteiger partial charge in [0.2, 0.25) is 0 Å². The van der Waals surface area contributed by atoms with Gasteiger partial charge in [0.15, 0.2) is 0 Å². The van der Waals surface area contributed by atoms with Crippen LogP contribution in [0.4, 0.5) is 0 Å². The van der Waals surface area contributed by atoms with Gasteiger partial charge in [0.25, 0.3) is 0 Å². The zero-order chi connectivity index (χ0) is 9.42. The van der Waals surface area contributed by atoms with Crippen molar-refractivity contribution in [3.63, 3.8) is 0 Å². The van der Waals surface area contributed by atoms with E-state index >= 15 is 0 Å². The van der Waals surface area contributed by atoms with Crippen LogP contribution in [0.15, 0.2) is 30.3 Å². The third-order valence-electron chi connectivity index (χ3n) is 2.16. The van der Waals surface area contributed by atoms with Gasteiger partial charge in [-0.15, -0.1) is 0 Å². The number of rotatable bonds is 0. The highest BCUT2D eigenvalue weighted by Crippen LogP contribution is 2.29. The van der Waals surface area contributed by atoms with Crippen LogP contribution in [0.5, 0.6) is 5.75 Å². The SMILES string of the molecule is Cc1ccc2ccc(Cl)cc2c1O. The third kappa shape index (κ3) is 1.36. The topological polar surface area (TPSA) is 20.2 Å². The lowest BCUT2D eigenvalue weighted by Crippen LogP contribution is -1.78. The van der Waals surface area contributed by atoms with Crippen molar-refractivity contribution in [1.82, 2.24) is 0 Å². The van der Waals surface area contributed by atoms with Gasteiger partial charge in [-0.05, 0) is 30.0 Å². The molecule has 0 bridgehead atoms. The molecule has 0 unspecified atom stereocenters. The van der Waals surface area contributed by atoms with Crippen molar-refractivity contribution >= 4 is 22.4 Å². The van der Waals surface area contributed by atoms with E-state index in [-0.39, 0.29) is 0 Å². The highest BCUT2D eigenvalue weighted by Gasteiger charge is 2.02. The molecule has 0 fully saturated rings. The quantitative estimate of drug-likeness (QED) is 0.677. The van der Waals surface area contributed by atoms with Crippen LogP contribution in [0, 0.1) is 6.92 Å². The average Bonchev–Trinajstić information content (AvgIpc) is 2.12. The van der Waals surface area contributed by atoms with E-state index in [0.29, 0.717) is 10.8 Å². The summed E-state index contributed by atoms with van der Waals surface area (Å²) < 4.78 is 0. The molecular weight excluding hydrogens is 184 g/mol. The number of benzene rings is 2. The first-order valence-corrected chi connectivity index (χ1v) is 4.44. The van der Waals surface area contributed by atoms with Crippen LogP contribution in [0.3, 0.4) is 0 Å². The maximum Gasteiger partial charge on any atom is 0.126 e. The molecule has 0 aliphatic rings. The molecule has 0 aromatic heterocycles. The molecule has 1 nitrogen and oxygen atoms in total. The minimum absolute atomic E-state index is 0.319. The van der Waals surface area contributed by atoms with E-state index in [1.165, 1.54) is 0 Å². The zero-order valence-electron chi connectivity index (χ0n) is 7.21. The summed E-state index contributed by atoms with van der Waals surface area (Å²) in [7, 11) is 0. The van der Waals surface area contributed by atoms with Gasteiger partial charge in [0.05, 0.1) is 0 Å². The maximum absolute atomic E-state index is 9.72. The van der Waals surface area contributed by atoms with E-state index < -0.39 is 0 Å². The summed E-state index contributed by atoms with van der Waals surface area (Å²) in [6.45, 7) is 1.87. The van der Waals surface area contributed by atoms with Gasteiger partial charge in [0, 0.05) is 10.4 Å². The van der Waals surface area contributed by atoms with Gasteiger partial charge in [-0.25, -0.2) is 0 Å². The van der Waals surface area contributed by atoms with Gasteiger partial charge < -0.3 is 5.11 Å². The Morgan fingerprint density at radius 2 is 1.85 bits per heavy atom. The fourth-order valence-electron chi connectivity index (χ4n) is 1.39. The van der Waals surface area contributed by atoms with Gasteiger partial charge in [-0.3, -0.25) is 0 Å². The molecule has 0 saturated heterocycles. The van der Waals surface area contributed by atoms with Crippen molar-refractivity contribution in [3.05, 3.63) is 40.9 Å². The number of aromatic hydroxyl groups is 1. The average molecular weight is 193 g/mol. The standard InChI is InChI=1S/C11H9ClO/c1-7-2-3-8-4-5-9(12)6-10(8)11(7)13/h2-6,13H,1H3. The van der Waals surface area contributed by atoms with Crippen molar-refractivity contribution in [2.45, 2.75) is 6.92 Å². The molecule has 1 N–H and O–H groups in total. The lowest BCUT2D eigenvalue weighted by atomic mass is 10.1. The van der Waals surface area contributed by atoms with Crippen molar-refractivity contribution in [2.75, 3.05) is 0 Å². The number of hydrogen-bond donors (Lipinski definition) is 1. The smallest absolute Gasteiger partial charge is 0.126 e. The fraction of sp³-hybridized carbons (Fsp3) is 0.0909. The summed E-state index contributed by atoms with van der Waals surface area (Å²) in [5.74, 6) is 0.319. The first-order chi connectivity index (χ1) is 6.18. The summed E-state index contributed by atoms with van der Waals surface area (Å²) in [6.07, 6.45) is 0. The van der Waals surface area contributed by atoms with E-state index in [9.17, 15) is 5.11 Å². The predicted octanol–water partition coefficient (Wildman–Crippen LogP) is 3.51. The molecule has 0 aliphatic heterocycles. The normalized spacial score (nSPS) is 10.6. The van der Waals surface area contributed by atoms with Crippen LogP contribution in [0.2, 0.25) is 5.02 Å². The van der Waals surface area contributed by atoms with E-state index in [2.05, 4.69) is 0 Å². The molecule has 2 rings (SSSR count). The molecule has 0 aliphatic carbocycles. The summed E-state index contributed by atoms with van der Waals surface area (Å²) >= 11 is 5.83. The largest absolute Gasteiger partial charge is 0.507 e. The molecule has 0 amide bonds. The molecule has 2 aromatic carbocycles. The molecule has 13 heavy (non-hydrogen) atoms. The maximum atomic E-state index is 9.72. The van der Waals surface area contributed by atoms with Crippen LogP contribution in [0.25, 0.3) is 10.8 Å². The minimum Gasteiger partial charge on any atom is -0.507 e. The summed E-state index contributed by atoms with van der Waals surface area (Å²) in [5, 5.41) is 12.2. The number of phenols is 1. The molecule has 2 aromatic rings. The highest BCUT2D eigenvalue weighted by atomic mass is 35.5. The summed E-state index contributed by atoms with van der Waals surface area (Å²) in [4.78, 5) is 0. The number of aryl methyl sites for hydroxylation is 1. The summed E-state index contributed by atoms with van der Waals surface area (Å²) in [5.41, 5.74) is 0.870. The first kappa shape index (κ1) is 8.39. The van der Waals surface area contributed by atoms with E-state index in [0.717, 1.165) is 16.3 Å². The second-order valence-corrected chi connectivity index (χ2v) is 3.53. The Kier molecular flexibility index (Phi) is 1.89. The van der Waals surface area contributed by atoms with Gasteiger partial charge in [-0.2, -0.15) is 0 Å². The van der Waals surface area contributed by atoms with Crippen molar-refractivity contribution in [2.24, 2.45) is 0 Å². The second-order valence-electron chi connectivity index (χ2n) is 3.10. The number of halogens is 1. The molecular formula is C11H9ClO. The Hall–Kier alpha value is -1.21. The number of hydrogen-bond acceptors (Lipinski definition) is 1. The number of fused-ring (bicyclic) bond motifs is 1. The van der Waals surface area contributed by atoms with E-state index in [1.807, 2.05) is 31.2 Å². The number of phenolic OH excluding ortho intramolecular Hbond substituents is 1. The van der Waals surface area contributed by atoms with Gasteiger partial charge >= 0.3 is 0 Å². The Bertz CT molecular complexity index is 458. The lowest BCUT2D eigenvalue weighted by molar-refractivity contribution is 0.477. The van der Waals surface area contributed by atoms with Crippen LogP contribution >= 0.6 is 11.6 Å². The van der Waals surface area contributed by atoms with Crippen molar-refractivity contribution in [3.8, 4) is 5.75 Å². The zero-order valence-corrected chi connectivity index (χ0v) is 7.97. The monoisotopic (exact) mass is 192 g/mol. The molecule has 0 heterocycles. The third-order valence-corrected chi connectivity index (χ3v) is 2.39. The Morgan fingerprint density at radius 1 is 1.15 bits per heavy atom. The molecule has 0 atom stereocenters. The van der Waals surface area contributed by atoms with Gasteiger partial charge in [0.1, 0.15) is 5.75 Å². The molecule has 66 valence electrons. The first-order valence-electron chi connectivity index (χ1n) is 4.06. The Morgan fingerprint density at radius 3 is 2.62 bits per heavy atom. The Balaban J connectivity index is 2.89. The van der Waals surface area contributed by atoms with Crippen LogP contribution in [0.1, 0.15) is 5.56 Å². The second kappa shape index (κ2) is 2.93. The fourth-order valence-corrected chi connectivity index (χ4v) is 1.56. The highest BCUT2D eigenvalue weighted by molar-refractivity contribution is 6.31. The molecule has 0 radical (unpaired) electrons. The minimum atomic E-state index is 0.319. The van der Waals surface area contributed by atoms with Gasteiger partial charge in [-0.1, -0.05) is 29.8 Å². The Labute approximate surface area is 81.6 Å². The van der Waals surface area contributed by atoms with Crippen LogP contribution in [-0.2, 0) is 0 Å². The molecule has 0 saturated carbocycles.